The lowest BCUT2D eigenvalue weighted by Crippen LogP contribution is -1.86. The van der Waals surface area contributed by atoms with Gasteiger partial charge in [-0.25, -0.2) is 4.98 Å². The molecule has 0 saturated heterocycles. The second-order valence-corrected chi connectivity index (χ2v) is 5.31. The molecule has 1 heterocycles. The van der Waals surface area contributed by atoms with E-state index in [1.807, 2.05) is 13.8 Å². The molecule has 2 N–H and O–H groups in total. The minimum absolute atomic E-state index is 0.494. The highest BCUT2D eigenvalue weighted by Gasteiger charge is 2.13. The van der Waals surface area contributed by atoms with E-state index in [9.17, 15) is 0 Å². The zero-order valence-corrected chi connectivity index (χ0v) is 11.6. The van der Waals surface area contributed by atoms with Crippen LogP contribution < -0.4 is 5.73 Å². The fourth-order valence-electron chi connectivity index (χ4n) is 1.25. The van der Waals surface area contributed by atoms with Gasteiger partial charge >= 0.3 is 0 Å². The molecule has 3 nitrogen and oxygen atoms in total. The van der Waals surface area contributed by atoms with Gasteiger partial charge in [-0.3, -0.25) is 0 Å². The topological polar surface area (TPSA) is 52.0 Å². The maximum absolute atomic E-state index is 6.08. The number of halogens is 2. The van der Waals surface area contributed by atoms with Gasteiger partial charge in [-0.15, -0.1) is 0 Å². The number of oxazole rings is 1. The summed E-state index contributed by atoms with van der Waals surface area (Å²) in [5.41, 5.74) is 7.02. The van der Waals surface area contributed by atoms with Gasteiger partial charge in [0.05, 0.1) is 20.6 Å². The lowest BCUT2D eigenvalue weighted by atomic mass is 10.3. The van der Waals surface area contributed by atoms with Crippen LogP contribution in [0.4, 0.5) is 5.69 Å². The maximum Gasteiger partial charge on any atom is 0.261 e. The molecule has 0 fully saturated rings. The first kappa shape index (κ1) is 12.6. The Morgan fingerprint density at radius 3 is 2.29 bits per heavy atom. The van der Waals surface area contributed by atoms with Crippen LogP contribution in [0.15, 0.2) is 26.7 Å². The van der Waals surface area contributed by atoms with Crippen LogP contribution in [0.25, 0.3) is 0 Å². The van der Waals surface area contributed by atoms with Crippen LogP contribution in [0.2, 0.25) is 10.0 Å². The summed E-state index contributed by atoms with van der Waals surface area (Å²) >= 11 is 13.4. The van der Waals surface area contributed by atoms with E-state index in [0.717, 1.165) is 11.5 Å². The third-order valence-electron chi connectivity index (χ3n) is 2.22. The average molecular weight is 289 g/mol. The van der Waals surface area contributed by atoms with E-state index in [4.69, 9.17) is 33.4 Å². The molecule has 0 radical (unpaired) electrons. The SMILES string of the molecule is Cc1nc(Sc2c(Cl)cc(N)cc2Cl)oc1C. The average Bonchev–Trinajstić information content (AvgIpc) is 2.52. The van der Waals surface area contributed by atoms with E-state index in [-0.39, 0.29) is 0 Å². The van der Waals surface area contributed by atoms with Crippen molar-refractivity contribution < 1.29 is 4.42 Å². The minimum Gasteiger partial charge on any atom is -0.436 e. The summed E-state index contributed by atoms with van der Waals surface area (Å²) in [7, 11) is 0. The number of nitrogens with zero attached hydrogens (tertiary/aromatic N) is 1. The van der Waals surface area contributed by atoms with Crippen molar-refractivity contribution in [2.24, 2.45) is 0 Å². The molecule has 0 saturated carbocycles. The van der Waals surface area contributed by atoms with Crippen molar-refractivity contribution in [2.45, 2.75) is 24.0 Å². The molecular formula is C11H10Cl2N2OS. The molecular weight excluding hydrogens is 279 g/mol. The smallest absolute Gasteiger partial charge is 0.261 e. The monoisotopic (exact) mass is 288 g/mol. The highest BCUT2D eigenvalue weighted by molar-refractivity contribution is 7.99. The molecule has 90 valence electrons. The van der Waals surface area contributed by atoms with Crippen LogP contribution in [0.5, 0.6) is 0 Å². The molecule has 0 amide bonds. The summed E-state index contributed by atoms with van der Waals surface area (Å²) in [5.74, 6) is 0.787. The summed E-state index contributed by atoms with van der Waals surface area (Å²) in [4.78, 5) is 4.96. The number of hydrogen-bond donors (Lipinski definition) is 1. The molecule has 1 aromatic carbocycles. The quantitative estimate of drug-likeness (QED) is 0.836. The molecule has 0 unspecified atom stereocenters. The van der Waals surface area contributed by atoms with E-state index < -0.39 is 0 Å². The third kappa shape index (κ3) is 2.70. The zero-order valence-electron chi connectivity index (χ0n) is 9.25. The molecule has 17 heavy (non-hydrogen) atoms. The first-order valence-corrected chi connectivity index (χ1v) is 6.41. The summed E-state index contributed by atoms with van der Waals surface area (Å²) in [6.45, 7) is 3.74. The van der Waals surface area contributed by atoms with Crippen molar-refractivity contribution >= 4 is 40.7 Å². The van der Waals surface area contributed by atoms with Gasteiger partial charge in [0.2, 0.25) is 0 Å². The summed E-state index contributed by atoms with van der Waals surface area (Å²) in [6, 6.07) is 3.30. The van der Waals surface area contributed by atoms with Gasteiger partial charge in [0.1, 0.15) is 5.76 Å². The molecule has 6 heteroatoms. The Morgan fingerprint density at radius 1 is 1.24 bits per heavy atom. The molecule has 0 bridgehead atoms. The van der Waals surface area contributed by atoms with Crippen LogP contribution >= 0.6 is 35.0 Å². The number of hydrogen-bond acceptors (Lipinski definition) is 4. The number of rotatable bonds is 2. The molecule has 2 rings (SSSR count). The summed E-state index contributed by atoms with van der Waals surface area (Å²) in [6.07, 6.45) is 0. The van der Waals surface area contributed by atoms with Crippen LogP contribution in [0, 0.1) is 13.8 Å². The van der Waals surface area contributed by atoms with Gasteiger partial charge in [0.25, 0.3) is 5.22 Å². The molecule has 1 aromatic heterocycles. The van der Waals surface area contributed by atoms with Crippen molar-refractivity contribution in [3.05, 3.63) is 33.6 Å². The Hall–Kier alpha value is -0.840. The molecule has 0 spiro atoms. The van der Waals surface area contributed by atoms with Gasteiger partial charge < -0.3 is 10.2 Å². The summed E-state index contributed by atoms with van der Waals surface area (Å²) < 4.78 is 5.46. The number of nitrogen functional groups attached to an aromatic ring is 1. The van der Waals surface area contributed by atoms with Crippen LogP contribution in [-0.4, -0.2) is 4.98 Å². The van der Waals surface area contributed by atoms with E-state index in [1.54, 1.807) is 12.1 Å². The molecule has 0 aliphatic heterocycles. The molecule has 0 aliphatic rings. The Labute approximate surface area is 113 Å². The third-order valence-corrected chi connectivity index (χ3v) is 4.03. The number of aromatic nitrogens is 1. The number of anilines is 1. The number of aryl methyl sites for hydroxylation is 2. The van der Waals surface area contributed by atoms with Gasteiger partial charge in [-0.1, -0.05) is 23.2 Å². The lowest BCUT2D eigenvalue weighted by molar-refractivity contribution is 0.431. The zero-order chi connectivity index (χ0) is 12.6. The van der Waals surface area contributed by atoms with Gasteiger partial charge in [-0.2, -0.15) is 0 Å². The van der Waals surface area contributed by atoms with Gasteiger partial charge in [-0.05, 0) is 37.7 Å². The van der Waals surface area contributed by atoms with Crippen molar-refractivity contribution in [3.63, 3.8) is 0 Å². The van der Waals surface area contributed by atoms with E-state index in [0.29, 0.717) is 25.9 Å². The highest BCUT2D eigenvalue weighted by Crippen LogP contribution is 2.39. The van der Waals surface area contributed by atoms with Crippen molar-refractivity contribution in [1.29, 1.82) is 0 Å². The molecule has 2 aromatic rings. The number of benzene rings is 1. The normalized spacial score (nSPS) is 10.8. The minimum atomic E-state index is 0.494. The van der Waals surface area contributed by atoms with Crippen molar-refractivity contribution in [2.75, 3.05) is 5.73 Å². The van der Waals surface area contributed by atoms with Crippen molar-refractivity contribution in [3.8, 4) is 0 Å². The first-order valence-electron chi connectivity index (χ1n) is 4.84. The number of nitrogens with two attached hydrogens (primary N) is 1. The lowest BCUT2D eigenvalue weighted by Gasteiger charge is -2.05. The second-order valence-electron chi connectivity index (χ2n) is 3.54. The van der Waals surface area contributed by atoms with Gasteiger partial charge in [0, 0.05) is 5.69 Å². The van der Waals surface area contributed by atoms with Crippen molar-refractivity contribution in [1.82, 2.24) is 4.98 Å². The van der Waals surface area contributed by atoms with Crippen LogP contribution in [-0.2, 0) is 0 Å². The maximum atomic E-state index is 6.08. The first-order chi connectivity index (χ1) is 7.97. The largest absolute Gasteiger partial charge is 0.436 e. The van der Waals surface area contributed by atoms with Crippen LogP contribution in [0.3, 0.4) is 0 Å². The fourth-order valence-corrected chi connectivity index (χ4v) is 2.82. The molecule has 0 atom stereocenters. The Kier molecular flexibility index (Phi) is 3.56. The molecule has 0 aliphatic carbocycles. The second kappa shape index (κ2) is 4.80. The Bertz CT molecular complexity index is 526. The van der Waals surface area contributed by atoms with E-state index >= 15 is 0 Å². The highest BCUT2D eigenvalue weighted by atomic mass is 35.5. The van der Waals surface area contributed by atoms with Gasteiger partial charge in [0.15, 0.2) is 0 Å². The Balaban J connectivity index is 2.36. The standard InChI is InChI=1S/C11H10Cl2N2OS/c1-5-6(2)16-11(15-5)17-10-8(12)3-7(14)4-9(10)13/h3-4H,14H2,1-2H3. The van der Waals surface area contributed by atoms with E-state index in [2.05, 4.69) is 4.98 Å². The predicted octanol–water partition coefficient (Wildman–Crippen LogP) is 4.33. The van der Waals surface area contributed by atoms with E-state index in [1.165, 1.54) is 11.8 Å². The van der Waals surface area contributed by atoms with Crippen LogP contribution in [0.1, 0.15) is 11.5 Å². The Morgan fingerprint density at radius 2 is 1.82 bits per heavy atom. The fraction of sp³-hybridized carbons (Fsp3) is 0.182. The summed E-state index contributed by atoms with van der Waals surface area (Å²) in [5, 5.41) is 1.51. The predicted molar refractivity (Wildman–Crippen MR) is 71.0 cm³/mol.